The first-order valence-corrected chi connectivity index (χ1v) is 8.79. The van der Waals surface area contributed by atoms with E-state index in [9.17, 15) is 8.42 Å². The normalized spacial score (nSPS) is 16.1. The molecule has 21 heavy (non-hydrogen) atoms. The molecule has 6 nitrogen and oxygen atoms in total. The maximum atomic E-state index is 12.7. The number of aryl methyl sites for hydroxylation is 1. The predicted octanol–water partition coefficient (Wildman–Crippen LogP) is 1.65. The zero-order chi connectivity index (χ0) is 15.0. The molecule has 0 fully saturated rings. The average Bonchev–Trinajstić information content (AvgIpc) is 3.12. The molecule has 114 valence electrons. The monoisotopic (exact) mass is 328 g/mol. The Hall–Kier alpha value is -1.31. The van der Waals surface area contributed by atoms with Crippen molar-refractivity contribution in [2.24, 2.45) is 0 Å². The highest BCUT2D eigenvalue weighted by atomic mass is 35.5. The third kappa shape index (κ3) is 2.49. The standard InChI is InChI=1S/C13H17ClN4O2S/c1-2-16-9-12(7-11(16)8-14)21(19,20)18-6-5-17-4-3-15-13(17)10-18/h3-4,7,9H,2,5-6,8,10H2,1H3. The number of alkyl halides is 1. The van der Waals surface area contributed by atoms with Crippen molar-refractivity contribution in [3.8, 4) is 0 Å². The highest BCUT2D eigenvalue weighted by Crippen LogP contribution is 2.23. The van der Waals surface area contributed by atoms with Gasteiger partial charge < -0.3 is 9.13 Å². The Labute approximate surface area is 129 Å². The molecule has 0 N–H and O–H groups in total. The van der Waals surface area contributed by atoms with E-state index in [-0.39, 0.29) is 0 Å². The SMILES string of the molecule is CCn1cc(S(=O)(=O)N2CCn3ccnc3C2)cc1CCl. The Morgan fingerprint density at radius 3 is 2.86 bits per heavy atom. The molecule has 0 atom stereocenters. The third-order valence-electron chi connectivity index (χ3n) is 3.79. The second-order valence-electron chi connectivity index (χ2n) is 4.96. The molecule has 3 rings (SSSR count). The zero-order valence-corrected chi connectivity index (χ0v) is 13.3. The van der Waals surface area contributed by atoms with Crippen molar-refractivity contribution in [3.63, 3.8) is 0 Å². The van der Waals surface area contributed by atoms with E-state index in [0.29, 0.717) is 37.0 Å². The molecule has 2 aromatic rings. The van der Waals surface area contributed by atoms with Gasteiger partial charge in [0.2, 0.25) is 10.0 Å². The van der Waals surface area contributed by atoms with Crippen molar-refractivity contribution < 1.29 is 8.42 Å². The molecule has 8 heteroatoms. The van der Waals surface area contributed by atoms with Crippen LogP contribution < -0.4 is 0 Å². The Morgan fingerprint density at radius 2 is 2.19 bits per heavy atom. The minimum absolute atomic E-state index is 0.299. The number of sulfonamides is 1. The van der Waals surface area contributed by atoms with Crippen molar-refractivity contribution in [1.82, 2.24) is 18.4 Å². The molecule has 0 saturated heterocycles. The second kappa shape index (κ2) is 5.47. The number of fused-ring (bicyclic) bond motifs is 1. The zero-order valence-electron chi connectivity index (χ0n) is 11.7. The summed E-state index contributed by atoms with van der Waals surface area (Å²) in [4.78, 5) is 4.51. The maximum absolute atomic E-state index is 12.7. The van der Waals surface area contributed by atoms with Crippen molar-refractivity contribution in [3.05, 3.63) is 36.2 Å². The molecule has 2 aromatic heterocycles. The van der Waals surface area contributed by atoms with Gasteiger partial charge in [0, 0.05) is 43.9 Å². The van der Waals surface area contributed by atoms with Gasteiger partial charge in [-0.3, -0.25) is 0 Å². The van der Waals surface area contributed by atoms with E-state index in [1.807, 2.05) is 22.3 Å². The van der Waals surface area contributed by atoms with Crippen LogP contribution >= 0.6 is 11.6 Å². The van der Waals surface area contributed by atoms with Crippen LogP contribution in [0.1, 0.15) is 18.4 Å². The molecule has 1 aliphatic rings. The highest BCUT2D eigenvalue weighted by molar-refractivity contribution is 7.89. The molecular formula is C13H17ClN4O2S. The van der Waals surface area contributed by atoms with Gasteiger partial charge in [-0.2, -0.15) is 4.31 Å². The number of aromatic nitrogens is 3. The fourth-order valence-electron chi connectivity index (χ4n) is 2.58. The van der Waals surface area contributed by atoms with Crippen molar-refractivity contribution >= 4 is 21.6 Å². The molecule has 0 radical (unpaired) electrons. The Morgan fingerprint density at radius 1 is 1.38 bits per heavy atom. The molecule has 1 aliphatic heterocycles. The first-order valence-electron chi connectivity index (χ1n) is 6.81. The third-order valence-corrected chi connectivity index (χ3v) is 5.87. The topological polar surface area (TPSA) is 60.1 Å². The Bertz CT molecular complexity index is 729. The second-order valence-corrected chi connectivity index (χ2v) is 7.17. The molecule has 0 aliphatic carbocycles. The molecule has 0 saturated carbocycles. The van der Waals surface area contributed by atoms with Gasteiger partial charge in [-0.1, -0.05) is 0 Å². The summed E-state index contributed by atoms with van der Waals surface area (Å²) in [7, 11) is -3.50. The average molecular weight is 329 g/mol. The van der Waals surface area contributed by atoms with Crippen LogP contribution in [0.5, 0.6) is 0 Å². The summed E-state index contributed by atoms with van der Waals surface area (Å²) in [5.74, 6) is 1.07. The van der Waals surface area contributed by atoms with Gasteiger partial charge in [0.25, 0.3) is 0 Å². The molecular weight excluding hydrogens is 312 g/mol. The summed E-state index contributed by atoms with van der Waals surface area (Å²) in [5.41, 5.74) is 0.816. The van der Waals surface area contributed by atoms with Gasteiger partial charge in [-0.25, -0.2) is 13.4 Å². The Balaban J connectivity index is 1.92. The lowest BCUT2D eigenvalue weighted by atomic mass is 10.4. The summed E-state index contributed by atoms with van der Waals surface area (Å²) in [6.45, 7) is 4.06. The van der Waals surface area contributed by atoms with Crippen molar-refractivity contribution in [2.45, 2.75) is 37.3 Å². The van der Waals surface area contributed by atoms with Crippen LogP contribution in [-0.4, -0.2) is 33.4 Å². The largest absolute Gasteiger partial charge is 0.349 e. The molecule has 0 aromatic carbocycles. The van der Waals surface area contributed by atoms with Gasteiger partial charge in [0.1, 0.15) is 10.7 Å². The van der Waals surface area contributed by atoms with Crippen molar-refractivity contribution in [1.29, 1.82) is 0 Å². The van der Waals surface area contributed by atoms with Crippen LogP contribution in [0.3, 0.4) is 0 Å². The molecule has 0 amide bonds. The van der Waals surface area contributed by atoms with Crippen molar-refractivity contribution in [2.75, 3.05) is 6.54 Å². The highest BCUT2D eigenvalue weighted by Gasteiger charge is 2.30. The van der Waals surface area contributed by atoms with E-state index in [1.54, 1.807) is 18.5 Å². The van der Waals surface area contributed by atoms with E-state index >= 15 is 0 Å². The minimum atomic E-state index is -3.50. The summed E-state index contributed by atoms with van der Waals surface area (Å²) < 4.78 is 30.8. The molecule has 0 bridgehead atoms. The van der Waals surface area contributed by atoms with Gasteiger partial charge in [-0.15, -0.1) is 11.6 Å². The summed E-state index contributed by atoms with van der Waals surface area (Å²) in [6.07, 6.45) is 5.23. The van der Waals surface area contributed by atoms with Gasteiger partial charge >= 0.3 is 0 Å². The molecule has 0 spiro atoms. The lowest BCUT2D eigenvalue weighted by Crippen LogP contribution is -2.38. The number of rotatable bonds is 4. The lowest BCUT2D eigenvalue weighted by molar-refractivity contribution is 0.335. The number of halogens is 1. The van der Waals surface area contributed by atoms with Gasteiger partial charge in [0.15, 0.2) is 0 Å². The number of imidazole rings is 1. The van der Waals surface area contributed by atoms with Gasteiger partial charge in [0.05, 0.1) is 12.4 Å². The summed E-state index contributed by atoms with van der Waals surface area (Å²) in [6, 6.07) is 1.66. The van der Waals surface area contributed by atoms with Crippen LogP contribution in [0.15, 0.2) is 29.6 Å². The van der Waals surface area contributed by atoms with Crippen LogP contribution in [0.2, 0.25) is 0 Å². The number of hydrogen-bond donors (Lipinski definition) is 0. The maximum Gasteiger partial charge on any atom is 0.245 e. The minimum Gasteiger partial charge on any atom is -0.349 e. The van der Waals surface area contributed by atoms with Gasteiger partial charge in [-0.05, 0) is 13.0 Å². The molecule has 0 unspecified atom stereocenters. The Kier molecular flexibility index (Phi) is 3.81. The van der Waals surface area contributed by atoms with E-state index in [2.05, 4.69) is 4.98 Å². The summed E-state index contributed by atoms with van der Waals surface area (Å²) >= 11 is 5.87. The molecule has 3 heterocycles. The fourth-order valence-corrected chi connectivity index (χ4v) is 4.26. The summed E-state index contributed by atoms with van der Waals surface area (Å²) in [5, 5.41) is 0. The van der Waals surface area contributed by atoms with Crippen LogP contribution in [0.4, 0.5) is 0 Å². The van der Waals surface area contributed by atoms with E-state index in [1.165, 1.54) is 4.31 Å². The van der Waals surface area contributed by atoms with Crippen LogP contribution in [-0.2, 0) is 35.5 Å². The van der Waals surface area contributed by atoms with E-state index in [4.69, 9.17) is 11.6 Å². The van der Waals surface area contributed by atoms with Crippen LogP contribution in [0, 0.1) is 0 Å². The fraction of sp³-hybridized carbons (Fsp3) is 0.462. The van der Waals surface area contributed by atoms with E-state index in [0.717, 1.165) is 11.5 Å². The van der Waals surface area contributed by atoms with Crippen LogP contribution in [0.25, 0.3) is 0 Å². The predicted molar refractivity (Wildman–Crippen MR) is 79.5 cm³/mol. The first-order chi connectivity index (χ1) is 10.1. The number of nitrogens with zero attached hydrogens (tertiary/aromatic N) is 4. The lowest BCUT2D eigenvalue weighted by Gasteiger charge is -2.26. The quantitative estimate of drug-likeness (QED) is 0.802. The number of hydrogen-bond acceptors (Lipinski definition) is 3. The van der Waals surface area contributed by atoms with E-state index < -0.39 is 10.0 Å². The smallest absolute Gasteiger partial charge is 0.245 e. The first kappa shape index (κ1) is 14.6.